The summed E-state index contributed by atoms with van der Waals surface area (Å²) in [5.74, 6) is 0.969. The molecule has 22 heavy (non-hydrogen) atoms. The second-order valence-electron chi connectivity index (χ2n) is 6.29. The highest BCUT2D eigenvalue weighted by Crippen LogP contribution is 2.22. The first-order chi connectivity index (χ1) is 10.7. The van der Waals surface area contributed by atoms with Crippen molar-refractivity contribution in [2.24, 2.45) is 5.92 Å². The molecule has 0 aromatic heterocycles. The summed E-state index contributed by atoms with van der Waals surface area (Å²) in [6, 6.07) is 10.1. The van der Waals surface area contributed by atoms with E-state index in [0.29, 0.717) is 11.8 Å². The van der Waals surface area contributed by atoms with E-state index in [1.807, 2.05) is 30.3 Å². The Morgan fingerprint density at radius 3 is 2.73 bits per heavy atom. The molecular formula is C17H24N2O2S. The van der Waals surface area contributed by atoms with Crippen LogP contribution in [0.2, 0.25) is 0 Å². The van der Waals surface area contributed by atoms with E-state index in [-0.39, 0.29) is 11.8 Å². The van der Waals surface area contributed by atoms with E-state index in [1.54, 1.807) is 0 Å². The molecule has 1 aliphatic carbocycles. The standard InChI is InChI=1S/C17H24N2O2S/c20-17(18-15-8-9-15)14-5-4-10-19(13-14)11-12-22(21)16-6-2-1-3-7-16/h1-3,6-7,14-15H,4-5,8-13H2,(H,18,20)/t14-,22-/m0/s1. The molecule has 2 fully saturated rings. The monoisotopic (exact) mass is 320 g/mol. The fourth-order valence-corrected chi connectivity index (χ4v) is 4.04. The van der Waals surface area contributed by atoms with Crippen molar-refractivity contribution in [3.8, 4) is 0 Å². The number of carbonyl (C=O) groups excluding carboxylic acids is 1. The van der Waals surface area contributed by atoms with Gasteiger partial charge in [-0.2, -0.15) is 0 Å². The number of piperidine rings is 1. The second kappa shape index (κ2) is 7.38. The minimum atomic E-state index is -0.948. The van der Waals surface area contributed by atoms with E-state index in [1.165, 1.54) is 0 Å². The van der Waals surface area contributed by atoms with E-state index < -0.39 is 10.8 Å². The highest BCUT2D eigenvalue weighted by molar-refractivity contribution is 7.85. The number of benzene rings is 1. The van der Waals surface area contributed by atoms with Gasteiger partial charge in [0.1, 0.15) is 0 Å². The molecule has 0 bridgehead atoms. The van der Waals surface area contributed by atoms with Crippen LogP contribution in [0.25, 0.3) is 0 Å². The van der Waals surface area contributed by atoms with E-state index in [9.17, 15) is 9.00 Å². The molecule has 5 heteroatoms. The van der Waals surface area contributed by atoms with Crippen molar-refractivity contribution >= 4 is 16.7 Å². The predicted octanol–water partition coefficient (Wildman–Crippen LogP) is 1.78. The van der Waals surface area contributed by atoms with Crippen LogP contribution in [0.15, 0.2) is 35.2 Å². The number of amides is 1. The summed E-state index contributed by atoms with van der Waals surface area (Å²) in [5.41, 5.74) is 0. The van der Waals surface area contributed by atoms with Gasteiger partial charge in [-0.15, -0.1) is 0 Å². The minimum absolute atomic E-state index is 0.111. The fraction of sp³-hybridized carbons (Fsp3) is 0.588. The Hall–Kier alpha value is -1.20. The molecule has 1 N–H and O–H groups in total. The molecule has 1 aromatic rings. The largest absolute Gasteiger partial charge is 0.353 e. The molecule has 1 heterocycles. The minimum Gasteiger partial charge on any atom is -0.353 e. The molecule has 1 saturated carbocycles. The number of rotatable bonds is 6. The Morgan fingerprint density at radius 1 is 1.23 bits per heavy atom. The predicted molar refractivity (Wildman–Crippen MR) is 88.0 cm³/mol. The maximum atomic E-state index is 12.3. The van der Waals surface area contributed by atoms with Crippen LogP contribution in [0.4, 0.5) is 0 Å². The first-order valence-corrected chi connectivity index (χ1v) is 9.50. The van der Waals surface area contributed by atoms with Gasteiger partial charge in [-0.1, -0.05) is 18.2 Å². The third-order valence-corrected chi connectivity index (χ3v) is 5.75. The number of nitrogens with zero attached hydrogens (tertiary/aromatic N) is 1. The number of carbonyl (C=O) groups is 1. The lowest BCUT2D eigenvalue weighted by Gasteiger charge is -2.31. The van der Waals surface area contributed by atoms with E-state index in [0.717, 1.165) is 50.2 Å². The first kappa shape index (κ1) is 15.7. The van der Waals surface area contributed by atoms with Gasteiger partial charge in [0.05, 0.1) is 16.7 Å². The van der Waals surface area contributed by atoms with Crippen molar-refractivity contribution in [3.05, 3.63) is 30.3 Å². The molecule has 120 valence electrons. The number of hydrogen-bond acceptors (Lipinski definition) is 3. The van der Waals surface area contributed by atoms with Gasteiger partial charge in [0, 0.05) is 29.8 Å². The summed E-state index contributed by atoms with van der Waals surface area (Å²) in [7, 11) is -0.948. The van der Waals surface area contributed by atoms with Crippen LogP contribution in [-0.4, -0.2) is 46.4 Å². The van der Waals surface area contributed by atoms with Crippen molar-refractivity contribution in [1.29, 1.82) is 0 Å². The lowest BCUT2D eigenvalue weighted by Crippen LogP contribution is -2.44. The number of likely N-dealkylation sites (tertiary alicyclic amines) is 1. The number of nitrogens with one attached hydrogen (secondary N) is 1. The van der Waals surface area contributed by atoms with E-state index in [2.05, 4.69) is 10.2 Å². The Labute approximate surface area is 134 Å². The molecule has 3 rings (SSSR count). The quantitative estimate of drug-likeness (QED) is 0.869. The van der Waals surface area contributed by atoms with Crippen LogP contribution >= 0.6 is 0 Å². The molecule has 2 atom stereocenters. The second-order valence-corrected chi connectivity index (χ2v) is 7.86. The Balaban J connectivity index is 1.45. The summed E-state index contributed by atoms with van der Waals surface area (Å²) >= 11 is 0. The molecule has 1 aliphatic heterocycles. The molecule has 1 amide bonds. The van der Waals surface area contributed by atoms with Crippen LogP contribution in [0.3, 0.4) is 0 Å². The normalized spacial score (nSPS) is 23.9. The van der Waals surface area contributed by atoms with E-state index >= 15 is 0 Å². The molecule has 4 nitrogen and oxygen atoms in total. The van der Waals surface area contributed by atoms with Gasteiger partial charge in [0.15, 0.2) is 0 Å². The fourth-order valence-electron chi connectivity index (χ4n) is 2.92. The highest BCUT2D eigenvalue weighted by atomic mass is 32.2. The molecule has 2 aliphatic rings. The Morgan fingerprint density at radius 2 is 2.00 bits per heavy atom. The zero-order valence-electron chi connectivity index (χ0n) is 12.9. The van der Waals surface area contributed by atoms with Gasteiger partial charge >= 0.3 is 0 Å². The van der Waals surface area contributed by atoms with Crippen molar-refractivity contribution < 1.29 is 9.00 Å². The van der Waals surface area contributed by atoms with Crippen molar-refractivity contribution in [2.75, 3.05) is 25.4 Å². The SMILES string of the molecule is O=C(NC1CC1)[C@H]1CCCN(CC[S@](=O)c2ccccc2)C1. The molecule has 1 aromatic carbocycles. The molecule has 0 radical (unpaired) electrons. The van der Waals surface area contributed by atoms with Crippen LogP contribution in [0, 0.1) is 5.92 Å². The zero-order valence-corrected chi connectivity index (χ0v) is 13.7. The molecule has 0 spiro atoms. The van der Waals surface area contributed by atoms with Crippen LogP contribution in [0.5, 0.6) is 0 Å². The van der Waals surface area contributed by atoms with Gasteiger partial charge in [-0.3, -0.25) is 9.00 Å². The maximum absolute atomic E-state index is 12.3. The van der Waals surface area contributed by atoms with Gasteiger partial charge in [-0.05, 0) is 44.4 Å². The number of hydrogen-bond donors (Lipinski definition) is 1. The van der Waals surface area contributed by atoms with Gasteiger partial charge in [0.25, 0.3) is 0 Å². The summed E-state index contributed by atoms with van der Waals surface area (Å²) in [6.07, 6.45) is 4.31. The van der Waals surface area contributed by atoms with Crippen LogP contribution < -0.4 is 5.32 Å². The van der Waals surface area contributed by atoms with Gasteiger partial charge in [0.2, 0.25) is 5.91 Å². The molecule has 1 saturated heterocycles. The van der Waals surface area contributed by atoms with Gasteiger partial charge in [-0.25, -0.2) is 0 Å². The molecular weight excluding hydrogens is 296 g/mol. The maximum Gasteiger partial charge on any atom is 0.224 e. The Bertz CT molecular complexity index is 531. The van der Waals surface area contributed by atoms with Crippen molar-refractivity contribution in [2.45, 2.75) is 36.6 Å². The summed E-state index contributed by atoms with van der Waals surface area (Å²) in [6.45, 7) is 2.62. The smallest absolute Gasteiger partial charge is 0.224 e. The van der Waals surface area contributed by atoms with Crippen LogP contribution in [0.1, 0.15) is 25.7 Å². The van der Waals surface area contributed by atoms with Crippen molar-refractivity contribution in [1.82, 2.24) is 10.2 Å². The van der Waals surface area contributed by atoms with Crippen molar-refractivity contribution in [3.63, 3.8) is 0 Å². The third kappa shape index (κ3) is 4.40. The average Bonchev–Trinajstić information content (AvgIpc) is 3.37. The third-order valence-electron chi connectivity index (χ3n) is 4.40. The topological polar surface area (TPSA) is 49.4 Å². The summed E-state index contributed by atoms with van der Waals surface area (Å²) in [5, 5.41) is 3.11. The summed E-state index contributed by atoms with van der Waals surface area (Å²) in [4.78, 5) is 15.3. The first-order valence-electron chi connectivity index (χ1n) is 8.18. The summed E-state index contributed by atoms with van der Waals surface area (Å²) < 4.78 is 12.3. The zero-order chi connectivity index (χ0) is 15.4. The van der Waals surface area contributed by atoms with Gasteiger partial charge < -0.3 is 10.2 Å². The van der Waals surface area contributed by atoms with E-state index in [4.69, 9.17) is 0 Å². The van der Waals surface area contributed by atoms with Crippen LogP contribution in [-0.2, 0) is 15.6 Å². The lowest BCUT2D eigenvalue weighted by atomic mass is 9.97. The molecule has 0 unspecified atom stereocenters. The average molecular weight is 320 g/mol. The Kier molecular flexibility index (Phi) is 5.26. The lowest BCUT2D eigenvalue weighted by molar-refractivity contribution is -0.126. The highest BCUT2D eigenvalue weighted by Gasteiger charge is 2.30.